The smallest absolute Gasteiger partial charge is 0.248 e. The maximum Gasteiger partial charge on any atom is 0.248 e. The molecule has 3 N–H and O–H groups in total. The molecule has 152 valence electrons. The molecule has 9 heteroatoms. The monoisotopic (exact) mass is 452 g/mol. The number of halogens is 2. The van der Waals surface area contributed by atoms with Gasteiger partial charge in [0.2, 0.25) is 11.6 Å². The zero-order chi connectivity index (χ0) is 21.2. The summed E-state index contributed by atoms with van der Waals surface area (Å²) in [5.74, 6) is -0.212. The number of ether oxygens (including phenoxy) is 1. The van der Waals surface area contributed by atoms with Gasteiger partial charge in [-0.1, -0.05) is 29.3 Å². The number of carbonyl (C=O) groups excluding carboxylic acids is 1. The molecular formula is C20H18Cl2N2O4S. The fourth-order valence-corrected chi connectivity index (χ4v) is 3.98. The van der Waals surface area contributed by atoms with Crippen LogP contribution in [0.3, 0.4) is 0 Å². The summed E-state index contributed by atoms with van der Waals surface area (Å²) in [5, 5.41) is 4.04. The summed E-state index contributed by atoms with van der Waals surface area (Å²) >= 11 is 12.3. The molecule has 0 aliphatic carbocycles. The highest BCUT2D eigenvalue weighted by Gasteiger charge is 2.33. The molecule has 6 nitrogen and oxygen atoms in total. The molecule has 3 rings (SSSR count). The number of benzene rings is 2. The molecule has 1 aliphatic heterocycles. The fourth-order valence-electron chi connectivity index (χ4n) is 2.88. The summed E-state index contributed by atoms with van der Waals surface area (Å²) in [6, 6.07) is 11.1. The van der Waals surface area contributed by atoms with Crippen LogP contribution >= 0.6 is 23.2 Å². The Morgan fingerprint density at radius 1 is 1.17 bits per heavy atom. The molecule has 2 aromatic carbocycles. The number of nitrogens with one attached hydrogen (secondary N) is 1. The van der Waals surface area contributed by atoms with Gasteiger partial charge < -0.3 is 15.8 Å². The third-order valence-corrected chi connectivity index (χ3v) is 6.00. The Hall–Kier alpha value is -2.48. The second-order valence-corrected chi connectivity index (χ2v) is 9.45. The topological polar surface area (TPSA) is 98.5 Å². The Kier molecular flexibility index (Phi) is 5.93. The highest BCUT2D eigenvalue weighted by molar-refractivity contribution is 7.90. The standard InChI is InChI=1S/C20H18Cl2N2O4S/c1-29(26,27)17-6-4-16(5-7-17)28-20(12-14(19(23)25)8-9-24-20)11-13-2-3-15(21)10-18(13)22/h2-10,12,24H,11H2,1H3,(H2,23,25). The molecule has 0 bridgehead atoms. The van der Waals surface area contributed by atoms with Crippen molar-refractivity contribution in [3.8, 4) is 5.75 Å². The normalized spacial score (nSPS) is 18.7. The third kappa shape index (κ3) is 5.12. The first kappa shape index (κ1) is 21.2. The highest BCUT2D eigenvalue weighted by atomic mass is 35.5. The molecule has 0 saturated heterocycles. The molecule has 0 radical (unpaired) electrons. The lowest BCUT2D eigenvalue weighted by Gasteiger charge is -2.35. The summed E-state index contributed by atoms with van der Waals surface area (Å²) in [7, 11) is -3.33. The highest BCUT2D eigenvalue weighted by Crippen LogP contribution is 2.30. The van der Waals surface area contributed by atoms with Crippen molar-refractivity contribution >= 4 is 38.9 Å². The van der Waals surface area contributed by atoms with Gasteiger partial charge in [0.1, 0.15) is 5.75 Å². The molecule has 0 aromatic heterocycles. The minimum absolute atomic E-state index is 0.171. The van der Waals surface area contributed by atoms with Gasteiger partial charge in [-0.2, -0.15) is 0 Å². The van der Waals surface area contributed by atoms with Crippen molar-refractivity contribution in [1.82, 2.24) is 5.32 Å². The van der Waals surface area contributed by atoms with E-state index in [0.717, 1.165) is 11.8 Å². The summed E-state index contributed by atoms with van der Waals surface area (Å²) in [6.07, 6.45) is 6.06. The van der Waals surface area contributed by atoms with Crippen molar-refractivity contribution in [3.63, 3.8) is 0 Å². The predicted octanol–water partition coefficient (Wildman–Crippen LogP) is 3.24. The number of primary amides is 1. The molecule has 29 heavy (non-hydrogen) atoms. The first-order chi connectivity index (χ1) is 13.6. The van der Waals surface area contributed by atoms with Gasteiger partial charge >= 0.3 is 0 Å². The van der Waals surface area contributed by atoms with Crippen molar-refractivity contribution in [2.75, 3.05) is 6.26 Å². The zero-order valence-corrected chi connectivity index (χ0v) is 17.7. The van der Waals surface area contributed by atoms with E-state index < -0.39 is 21.5 Å². The Labute approximate surface area is 178 Å². The van der Waals surface area contributed by atoms with Crippen LogP contribution < -0.4 is 15.8 Å². The lowest BCUT2D eigenvalue weighted by Crippen LogP contribution is -2.50. The second-order valence-electron chi connectivity index (χ2n) is 6.59. The second kappa shape index (κ2) is 8.10. The van der Waals surface area contributed by atoms with Crippen LogP contribution in [-0.4, -0.2) is 26.3 Å². The number of hydrogen-bond acceptors (Lipinski definition) is 5. The van der Waals surface area contributed by atoms with Crippen LogP contribution in [-0.2, 0) is 21.1 Å². The summed E-state index contributed by atoms with van der Waals surface area (Å²) in [6.45, 7) is 0. The third-order valence-electron chi connectivity index (χ3n) is 4.28. The van der Waals surface area contributed by atoms with E-state index in [1.165, 1.54) is 12.1 Å². The van der Waals surface area contributed by atoms with E-state index in [2.05, 4.69) is 5.32 Å². The first-order valence-electron chi connectivity index (χ1n) is 8.48. The number of amides is 1. The van der Waals surface area contributed by atoms with Gasteiger partial charge in [0.05, 0.1) is 4.90 Å². The van der Waals surface area contributed by atoms with Crippen molar-refractivity contribution in [1.29, 1.82) is 0 Å². The summed E-state index contributed by atoms with van der Waals surface area (Å²) in [5.41, 5.74) is 5.26. The maximum atomic E-state index is 11.7. The largest absolute Gasteiger partial charge is 0.464 e. The predicted molar refractivity (Wildman–Crippen MR) is 113 cm³/mol. The van der Waals surface area contributed by atoms with Gasteiger partial charge in [-0.3, -0.25) is 4.79 Å². The van der Waals surface area contributed by atoms with Crippen LogP contribution in [0, 0.1) is 0 Å². The van der Waals surface area contributed by atoms with E-state index in [4.69, 9.17) is 33.7 Å². The van der Waals surface area contributed by atoms with E-state index in [1.54, 1.807) is 48.7 Å². The number of rotatable bonds is 6. The van der Waals surface area contributed by atoms with E-state index in [1.807, 2.05) is 0 Å². The lowest BCUT2D eigenvalue weighted by atomic mass is 9.97. The molecule has 2 aromatic rings. The lowest BCUT2D eigenvalue weighted by molar-refractivity contribution is -0.114. The number of hydrogen-bond donors (Lipinski definition) is 2. The van der Waals surface area contributed by atoms with Gasteiger partial charge in [-0.05, 0) is 54.1 Å². The Bertz CT molecular complexity index is 1110. The van der Waals surface area contributed by atoms with Crippen LogP contribution in [0.2, 0.25) is 10.0 Å². The molecule has 1 atom stereocenters. The molecule has 0 spiro atoms. The average Bonchev–Trinajstić information content (AvgIpc) is 2.64. The van der Waals surface area contributed by atoms with Crippen LogP contribution in [0.15, 0.2) is 71.3 Å². The molecular weight excluding hydrogens is 435 g/mol. The van der Waals surface area contributed by atoms with E-state index in [9.17, 15) is 13.2 Å². The number of carbonyl (C=O) groups is 1. The molecule has 1 unspecified atom stereocenters. The van der Waals surface area contributed by atoms with Crippen molar-refractivity contribution < 1.29 is 17.9 Å². The quantitative estimate of drug-likeness (QED) is 0.700. The van der Waals surface area contributed by atoms with Crippen molar-refractivity contribution in [3.05, 3.63) is 82.0 Å². The molecule has 0 saturated carbocycles. The Morgan fingerprint density at radius 3 is 2.45 bits per heavy atom. The van der Waals surface area contributed by atoms with Crippen molar-refractivity contribution in [2.24, 2.45) is 5.73 Å². The van der Waals surface area contributed by atoms with Gasteiger partial charge in [-0.15, -0.1) is 0 Å². The first-order valence-corrected chi connectivity index (χ1v) is 11.1. The van der Waals surface area contributed by atoms with Crippen LogP contribution in [0.25, 0.3) is 0 Å². The molecule has 1 heterocycles. The molecule has 1 aliphatic rings. The average molecular weight is 453 g/mol. The van der Waals surface area contributed by atoms with Crippen LogP contribution in [0.1, 0.15) is 5.56 Å². The number of dihydropyridines is 1. The summed E-state index contributed by atoms with van der Waals surface area (Å²) in [4.78, 5) is 11.9. The SMILES string of the molecule is CS(=O)(=O)c1ccc(OC2(Cc3ccc(Cl)cc3Cl)C=C(C(N)=O)C=CN2)cc1. The number of nitrogens with two attached hydrogens (primary N) is 1. The Morgan fingerprint density at radius 2 is 1.86 bits per heavy atom. The van der Waals surface area contributed by atoms with E-state index >= 15 is 0 Å². The van der Waals surface area contributed by atoms with Crippen LogP contribution in [0.4, 0.5) is 0 Å². The van der Waals surface area contributed by atoms with Gasteiger partial charge in [0.25, 0.3) is 0 Å². The van der Waals surface area contributed by atoms with Crippen LogP contribution in [0.5, 0.6) is 5.75 Å². The fraction of sp³-hybridized carbons (Fsp3) is 0.150. The van der Waals surface area contributed by atoms with Gasteiger partial charge in [0.15, 0.2) is 9.84 Å². The minimum atomic E-state index is -3.33. The minimum Gasteiger partial charge on any atom is -0.464 e. The van der Waals surface area contributed by atoms with Gasteiger partial charge in [-0.25, -0.2) is 8.42 Å². The van der Waals surface area contributed by atoms with Gasteiger partial charge in [0, 0.05) is 34.5 Å². The summed E-state index contributed by atoms with van der Waals surface area (Å²) < 4.78 is 29.5. The Balaban J connectivity index is 1.99. The van der Waals surface area contributed by atoms with Crippen molar-refractivity contribution in [2.45, 2.75) is 17.0 Å². The van der Waals surface area contributed by atoms with E-state index in [0.29, 0.717) is 15.8 Å². The maximum absolute atomic E-state index is 11.7. The van der Waals surface area contributed by atoms with E-state index in [-0.39, 0.29) is 16.9 Å². The number of sulfone groups is 1. The molecule has 0 fully saturated rings. The zero-order valence-electron chi connectivity index (χ0n) is 15.4. The molecule has 1 amide bonds.